The number of hydrogen-bond donors (Lipinski definition) is 3. The van der Waals surface area contributed by atoms with Gasteiger partial charge in [0.15, 0.2) is 0 Å². The van der Waals surface area contributed by atoms with E-state index < -0.39 is 0 Å². The zero-order chi connectivity index (χ0) is 12.8. The highest BCUT2D eigenvalue weighted by Gasteiger charge is 2.09. The number of amides is 1. The lowest BCUT2D eigenvalue weighted by Gasteiger charge is -2.08. The summed E-state index contributed by atoms with van der Waals surface area (Å²) in [7, 11) is 0. The minimum atomic E-state index is -0.140. The summed E-state index contributed by atoms with van der Waals surface area (Å²) in [5.74, 6) is 5.22. The summed E-state index contributed by atoms with van der Waals surface area (Å²) >= 11 is 1.55. The summed E-state index contributed by atoms with van der Waals surface area (Å²) < 4.78 is 0. The first-order valence-electron chi connectivity index (χ1n) is 5.52. The molecule has 5 nitrogen and oxygen atoms in total. The quantitative estimate of drug-likeness (QED) is 0.562. The number of thiazole rings is 1. The van der Waals surface area contributed by atoms with E-state index in [9.17, 15) is 4.79 Å². The topological polar surface area (TPSA) is 80.0 Å². The number of nitrogen functional groups attached to an aromatic ring is 1. The molecule has 1 aromatic carbocycles. The van der Waals surface area contributed by atoms with Gasteiger partial charge in [-0.3, -0.25) is 10.6 Å². The van der Waals surface area contributed by atoms with E-state index in [4.69, 9.17) is 5.84 Å². The van der Waals surface area contributed by atoms with Gasteiger partial charge in [0.2, 0.25) is 0 Å². The van der Waals surface area contributed by atoms with Crippen molar-refractivity contribution in [2.75, 3.05) is 12.0 Å². The van der Waals surface area contributed by atoms with Crippen molar-refractivity contribution in [3.63, 3.8) is 0 Å². The number of carbonyl (C=O) groups excluding carboxylic acids is 1. The molecule has 2 aromatic rings. The van der Waals surface area contributed by atoms with E-state index in [1.54, 1.807) is 35.0 Å². The van der Waals surface area contributed by atoms with Crippen LogP contribution in [0.2, 0.25) is 0 Å². The molecule has 0 saturated carbocycles. The SMILES string of the molecule is NNc1ccccc1C(=O)NCCc1cscn1. The average Bonchev–Trinajstić information content (AvgIpc) is 2.91. The summed E-state index contributed by atoms with van der Waals surface area (Å²) in [5, 5.41) is 4.82. The van der Waals surface area contributed by atoms with Gasteiger partial charge in [0.05, 0.1) is 22.5 Å². The largest absolute Gasteiger partial charge is 0.352 e. The Labute approximate surface area is 109 Å². The third kappa shape index (κ3) is 3.06. The van der Waals surface area contributed by atoms with E-state index in [0.29, 0.717) is 17.8 Å². The van der Waals surface area contributed by atoms with Crippen LogP contribution in [0, 0.1) is 0 Å². The van der Waals surface area contributed by atoms with Crippen LogP contribution in [0.15, 0.2) is 35.2 Å². The molecule has 0 spiro atoms. The number of anilines is 1. The lowest BCUT2D eigenvalue weighted by atomic mass is 10.1. The summed E-state index contributed by atoms with van der Waals surface area (Å²) in [6.45, 7) is 0.557. The van der Waals surface area contributed by atoms with Gasteiger partial charge in [-0.25, -0.2) is 4.98 Å². The predicted molar refractivity (Wildman–Crippen MR) is 72.4 cm³/mol. The lowest BCUT2D eigenvalue weighted by Crippen LogP contribution is -2.27. The maximum Gasteiger partial charge on any atom is 0.253 e. The van der Waals surface area contributed by atoms with Gasteiger partial charge in [0, 0.05) is 18.3 Å². The first-order chi connectivity index (χ1) is 8.81. The van der Waals surface area contributed by atoms with E-state index in [1.807, 2.05) is 11.4 Å². The number of nitrogens with zero attached hydrogens (tertiary/aromatic N) is 1. The number of hydrogen-bond acceptors (Lipinski definition) is 5. The molecule has 4 N–H and O–H groups in total. The molecule has 2 rings (SSSR count). The predicted octanol–water partition coefficient (Wildman–Crippen LogP) is 1.40. The molecule has 1 aromatic heterocycles. The van der Waals surface area contributed by atoms with Crippen LogP contribution in [0.1, 0.15) is 16.1 Å². The molecule has 0 radical (unpaired) electrons. The van der Waals surface area contributed by atoms with Gasteiger partial charge >= 0.3 is 0 Å². The Hall–Kier alpha value is -1.92. The summed E-state index contributed by atoms with van der Waals surface area (Å²) in [5.41, 5.74) is 6.44. The fourth-order valence-corrected chi connectivity index (χ4v) is 2.16. The molecule has 0 aliphatic heterocycles. The smallest absolute Gasteiger partial charge is 0.253 e. The Morgan fingerprint density at radius 1 is 1.39 bits per heavy atom. The van der Waals surface area contributed by atoms with E-state index >= 15 is 0 Å². The molecule has 1 amide bonds. The van der Waals surface area contributed by atoms with Crippen LogP contribution in [0.4, 0.5) is 5.69 Å². The minimum Gasteiger partial charge on any atom is -0.352 e. The van der Waals surface area contributed by atoms with E-state index in [2.05, 4.69) is 15.7 Å². The van der Waals surface area contributed by atoms with Gasteiger partial charge in [-0.15, -0.1) is 11.3 Å². The van der Waals surface area contributed by atoms with Crippen LogP contribution in [-0.2, 0) is 6.42 Å². The van der Waals surface area contributed by atoms with Crippen LogP contribution >= 0.6 is 11.3 Å². The number of hydrazine groups is 1. The fourth-order valence-electron chi connectivity index (χ4n) is 1.57. The van der Waals surface area contributed by atoms with Crippen molar-refractivity contribution in [3.05, 3.63) is 46.4 Å². The average molecular weight is 262 g/mol. The maximum absolute atomic E-state index is 11.9. The summed E-state index contributed by atoms with van der Waals surface area (Å²) in [6.07, 6.45) is 0.730. The zero-order valence-corrected chi connectivity index (χ0v) is 10.5. The molecule has 1 heterocycles. The van der Waals surface area contributed by atoms with Crippen molar-refractivity contribution in [2.45, 2.75) is 6.42 Å². The molecule has 0 atom stereocenters. The van der Waals surface area contributed by atoms with Crippen molar-refractivity contribution in [1.29, 1.82) is 0 Å². The Morgan fingerprint density at radius 2 is 2.22 bits per heavy atom. The number of nitrogens with one attached hydrogen (secondary N) is 2. The molecular formula is C12H14N4OS. The fraction of sp³-hybridized carbons (Fsp3) is 0.167. The van der Waals surface area contributed by atoms with Crippen LogP contribution in [0.25, 0.3) is 0 Å². The highest BCUT2D eigenvalue weighted by molar-refractivity contribution is 7.07. The first-order valence-corrected chi connectivity index (χ1v) is 6.46. The maximum atomic E-state index is 11.9. The highest BCUT2D eigenvalue weighted by atomic mass is 32.1. The van der Waals surface area contributed by atoms with Crippen molar-refractivity contribution in [3.8, 4) is 0 Å². The van der Waals surface area contributed by atoms with Crippen molar-refractivity contribution >= 4 is 22.9 Å². The number of para-hydroxylation sites is 1. The normalized spacial score (nSPS) is 10.1. The van der Waals surface area contributed by atoms with Gasteiger partial charge in [-0.2, -0.15) is 0 Å². The van der Waals surface area contributed by atoms with E-state index in [1.165, 1.54) is 0 Å². The van der Waals surface area contributed by atoms with Crippen LogP contribution in [0.5, 0.6) is 0 Å². The second-order valence-corrected chi connectivity index (χ2v) is 4.39. The second kappa shape index (κ2) is 6.13. The number of carbonyl (C=O) groups is 1. The summed E-state index contributed by atoms with van der Waals surface area (Å²) in [6, 6.07) is 7.11. The molecule has 0 aliphatic rings. The monoisotopic (exact) mass is 262 g/mol. The van der Waals surface area contributed by atoms with Gasteiger partial charge in [0.1, 0.15) is 0 Å². The Morgan fingerprint density at radius 3 is 2.94 bits per heavy atom. The third-order valence-corrected chi connectivity index (χ3v) is 3.11. The van der Waals surface area contributed by atoms with Gasteiger partial charge in [-0.1, -0.05) is 12.1 Å². The number of aromatic nitrogens is 1. The Bertz CT molecular complexity index is 513. The number of nitrogens with two attached hydrogens (primary N) is 1. The molecule has 0 bridgehead atoms. The van der Waals surface area contributed by atoms with Crippen LogP contribution in [-0.4, -0.2) is 17.4 Å². The zero-order valence-electron chi connectivity index (χ0n) is 9.72. The molecule has 18 heavy (non-hydrogen) atoms. The van der Waals surface area contributed by atoms with E-state index in [-0.39, 0.29) is 5.91 Å². The molecule has 6 heteroatoms. The molecule has 0 fully saturated rings. The highest BCUT2D eigenvalue weighted by Crippen LogP contribution is 2.13. The van der Waals surface area contributed by atoms with Crippen LogP contribution < -0.4 is 16.6 Å². The molecule has 0 aliphatic carbocycles. The van der Waals surface area contributed by atoms with Gasteiger partial charge in [0.25, 0.3) is 5.91 Å². The standard InChI is InChI=1S/C12H14N4OS/c13-16-11-4-2-1-3-10(11)12(17)14-6-5-9-7-18-8-15-9/h1-4,7-8,16H,5-6,13H2,(H,14,17). The summed E-state index contributed by atoms with van der Waals surface area (Å²) in [4.78, 5) is 16.1. The molecule has 0 unspecified atom stereocenters. The lowest BCUT2D eigenvalue weighted by molar-refractivity contribution is 0.0955. The second-order valence-electron chi connectivity index (χ2n) is 3.68. The van der Waals surface area contributed by atoms with E-state index in [0.717, 1.165) is 12.1 Å². The third-order valence-electron chi connectivity index (χ3n) is 2.48. The Kier molecular flexibility index (Phi) is 4.27. The van der Waals surface area contributed by atoms with Crippen molar-refractivity contribution < 1.29 is 4.79 Å². The van der Waals surface area contributed by atoms with Gasteiger partial charge < -0.3 is 10.7 Å². The minimum absolute atomic E-state index is 0.140. The first kappa shape index (κ1) is 12.5. The van der Waals surface area contributed by atoms with Crippen molar-refractivity contribution in [2.24, 2.45) is 5.84 Å². The van der Waals surface area contributed by atoms with Crippen molar-refractivity contribution in [1.82, 2.24) is 10.3 Å². The molecular weight excluding hydrogens is 248 g/mol. The Balaban J connectivity index is 1.91. The number of rotatable bonds is 5. The van der Waals surface area contributed by atoms with Crippen LogP contribution in [0.3, 0.4) is 0 Å². The van der Waals surface area contributed by atoms with Gasteiger partial charge in [-0.05, 0) is 12.1 Å². The number of benzene rings is 1. The molecule has 0 saturated heterocycles. The molecule has 94 valence electrons.